The third kappa shape index (κ3) is 4.00. The van der Waals surface area contributed by atoms with E-state index >= 15 is 4.39 Å². The Morgan fingerprint density at radius 1 is 1.08 bits per heavy atom. The molecule has 1 unspecified atom stereocenters. The highest BCUT2D eigenvalue weighted by Crippen LogP contribution is 2.44. The molecule has 0 bridgehead atoms. The van der Waals surface area contributed by atoms with Gasteiger partial charge in [0.05, 0.1) is 17.1 Å². The van der Waals surface area contributed by atoms with E-state index < -0.39 is 24.6 Å². The SMILES string of the molecule is OC1C[C@@H](c2ccccc2OC(F)F)n2c1nc1cc(F)c(-c3cnc(C4CCOCC4)nc3)cc12. The highest BCUT2D eigenvalue weighted by atomic mass is 19.3. The fraction of sp³-hybridized carbons (Fsp3) is 0.346. The summed E-state index contributed by atoms with van der Waals surface area (Å²) in [6.07, 6.45) is 4.22. The summed E-state index contributed by atoms with van der Waals surface area (Å²) in [6.45, 7) is -1.64. The van der Waals surface area contributed by atoms with Crippen LogP contribution in [0, 0.1) is 5.82 Å². The number of benzene rings is 2. The van der Waals surface area contributed by atoms with Crippen LogP contribution < -0.4 is 4.74 Å². The van der Waals surface area contributed by atoms with Crippen LogP contribution in [0.25, 0.3) is 22.2 Å². The lowest BCUT2D eigenvalue weighted by atomic mass is 9.99. The summed E-state index contributed by atoms with van der Waals surface area (Å²) in [4.78, 5) is 13.4. The second-order valence-corrected chi connectivity index (χ2v) is 9.06. The number of alkyl halides is 2. The van der Waals surface area contributed by atoms with Crippen molar-refractivity contribution in [1.29, 1.82) is 0 Å². The summed E-state index contributed by atoms with van der Waals surface area (Å²) < 4.78 is 53.1. The van der Waals surface area contributed by atoms with Gasteiger partial charge in [0.1, 0.15) is 29.3 Å². The molecule has 6 rings (SSSR count). The van der Waals surface area contributed by atoms with E-state index in [2.05, 4.69) is 15.0 Å². The lowest BCUT2D eigenvalue weighted by Crippen LogP contribution is -2.16. The van der Waals surface area contributed by atoms with Crippen molar-refractivity contribution < 1.29 is 27.8 Å². The van der Waals surface area contributed by atoms with E-state index in [1.54, 1.807) is 41.2 Å². The average Bonchev–Trinajstić information content (AvgIpc) is 3.41. The maximum Gasteiger partial charge on any atom is 0.387 e. The second-order valence-electron chi connectivity index (χ2n) is 9.06. The standard InChI is InChI=1S/C26H23F3N4O3/c27-18-10-19-21(9-17(18)15-12-30-24(31-13-15)14-5-7-35-8-6-14)33-20(11-22(34)25(33)32-19)16-3-1-2-4-23(16)36-26(28)29/h1-4,9-10,12-14,20,22,26,34H,5-8,11H2/t20-,22?/m0/s1. The number of imidazole rings is 1. The van der Waals surface area contributed by atoms with Gasteiger partial charge in [-0.2, -0.15) is 8.78 Å². The molecule has 2 atom stereocenters. The van der Waals surface area contributed by atoms with Crippen molar-refractivity contribution in [3.05, 3.63) is 71.8 Å². The van der Waals surface area contributed by atoms with Gasteiger partial charge in [0.25, 0.3) is 0 Å². The van der Waals surface area contributed by atoms with Crippen molar-refractivity contribution in [3.63, 3.8) is 0 Å². The van der Waals surface area contributed by atoms with Crippen molar-refractivity contribution in [2.45, 2.75) is 43.9 Å². The molecule has 7 nitrogen and oxygen atoms in total. The normalized spacial score (nSPS) is 20.2. The fourth-order valence-corrected chi connectivity index (χ4v) is 5.21. The van der Waals surface area contributed by atoms with Crippen LogP contribution in [0.5, 0.6) is 5.75 Å². The van der Waals surface area contributed by atoms with Gasteiger partial charge in [-0.05, 0) is 25.0 Å². The number of halogens is 3. The molecule has 4 heterocycles. The van der Waals surface area contributed by atoms with E-state index in [9.17, 15) is 13.9 Å². The number of aliphatic hydroxyl groups excluding tert-OH is 1. The number of aliphatic hydroxyl groups is 1. The maximum atomic E-state index is 15.2. The lowest BCUT2D eigenvalue weighted by Gasteiger charge is -2.20. The van der Waals surface area contributed by atoms with Gasteiger partial charge in [0.15, 0.2) is 0 Å². The van der Waals surface area contributed by atoms with Crippen LogP contribution in [-0.4, -0.2) is 44.5 Å². The molecule has 2 aliphatic heterocycles. The first kappa shape index (κ1) is 22.9. The molecule has 0 saturated carbocycles. The second kappa shape index (κ2) is 9.18. The molecular formula is C26H23F3N4O3. The summed E-state index contributed by atoms with van der Waals surface area (Å²) in [5.41, 5.74) is 2.23. The Morgan fingerprint density at radius 3 is 2.58 bits per heavy atom. The summed E-state index contributed by atoms with van der Waals surface area (Å²) in [7, 11) is 0. The van der Waals surface area contributed by atoms with Gasteiger partial charge in [-0.3, -0.25) is 0 Å². The number of fused-ring (bicyclic) bond motifs is 3. The van der Waals surface area contributed by atoms with Gasteiger partial charge in [-0.25, -0.2) is 19.3 Å². The van der Waals surface area contributed by atoms with E-state index in [-0.39, 0.29) is 18.1 Å². The highest BCUT2D eigenvalue weighted by molar-refractivity contribution is 5.83. The van der Waals surface area contributed by atoms with Gasteiger partial charge in [-0.1, -0.05) is 18.2 Å². The summed E-state index contributed by atoms with van der Waals surface area (Å²) in [5, 5.41) is 10.7. The molecule has 0 amide bonds. The minimum atomic E-state index is -2.98. The Kier molecular flexibility index (Phi) is 5.85. The van der Waals surface area contributed by atoms with Crippen molar-refractivity contribution in [2.75, 3.05) is 13.2 Å². The zero-order valence-electron chi connectivity index (χ0n) is 19.2. The predicted molar refractivity (Wildman–Crippen MR) is 124 cm³/mol. The van der Waals surface area contributed by atoms with Crippen LogP contribution in [0.4, 0.5) is 13.2 Å². The Balaban J connectivity index is 1.41. The molecular weight excluding hydrogens is 473 g/mol. The molecule has 10 heteroatoms. The molecule has 2 aromatic carbocycles. The van der Waals surface area contributed by atoms with Crippen molar-refractivity contribution in [1.82, 2.24) is 19.5 Å². The van der Waals surface area contributed by atoms with Crippen LogP contribution in [0.1, 0.15) is 54.5 Å². The maximum absolute atomic E-state index is 15.2. The predicted octanol–water partition coefficient (Wildman–Crippen LogP) is 5.15. The third-order valence-corrected chi connectivity index (χ3v) is 6.93. The molecule has 2 aromatic heterocycles. The molecule has 1 N–H and O–H groups in total. The highest BCUT2D eigenvalue weighted by Gasteiger charge is 2.36. The smallest absolute Gasteiger partial charge is 0.387 e. The number of ether oxygens (including phenoxy) is 2. The summed E-state index contributed by atoms with van der Waals surface area (Å²) in [5.74, 6) is 0.820. The first-order valence-electron chi connectivity index (χ1n) is 11.8. The third-order valence-electron chi connectivity index (χ3n) is 6.93. The van der Waals surface area contributed by atoms with Crippen LogP contribution in [0.3, 0.4) is 0 Å². The number of hydrogen-bond acceptors (Lipinski definition) is 6. The number of aromatic nitrogens is 4. The van der Waals surface area contributed by atoms with Crippen LogP contribution in [-0.2, 0) is 4.74 Å². The molecule has 1 fully saturated rings. The van der Waals surface area contributed by atoms with E-state index in [0.29, 0.717) is 52.6 Å². The quantitative estimate of drug-likeness (QED) is 0.411. The number of hydrogen-bond donors (Lipinski definition) is 1. The zero-order chi connectivity index (χ0) is 24.8. The van der Waals surface area contributed by atoms with Gasteiger partial charge in [-0.15, -0.1) is 0 Å². The Hall–Kier alpha value is -3.50. The first-order chi connectivity index (χ1) is 17.5. The van der Waals surface area contributed by atoms with Gasteiger partial charge in [0.2, 0.25) is 0 Å². The molecule has 4 aromatic rings. The fourth-order valence-electron chi connectivity index (χ4n) is 5.21. The monoisotopic (exact) mass is 496 g/mol. The minimum absolute atomic E-state index is 0.0267. The average molecular weight is 496 g/mol. The van der Waals surface area contributed by atoms with Crippen LogP contribution in [0.15, 0.2) is 48.8 Å². The molecule has 0 aliphatic carbocycles. The van der Waals surface area contributed by atoms with E-state index in [0.717, 1.165) is 12.8 Å². The topological polar surface area (TPSA) is 82.3 Å². The molecule has 36 heavy (non-hydrogen) atoms. The van der Waals surface area contributed by atoms with E-state index in [1.807, 2.05) is 0 Å². The Labute approximate surface area is 204 Å². The molecule has 2 aliphatic rings. The molecule has 0 spiro atoms. The summed E-state index contributed by atoms with van der Waals surface area (Å²) >= 11 is 0. The molecule has 1 saturated heterocycles. The molecule has 0 radical (unpaired) electrons. The Morgan fingerprint density at radius 2 is 1.83 bits per heavy atom. The van der Waals surface area contributed by atoms with Crippen LogP contribution in [0.2, 0.25) is 0 Å². The number of rotatable bonds is 5. The van der Waals surface area contributed by atoms with Crippen molar-refractivity contribution >= 4 is 11.0 Å². The number of nitrogens with zero attached hydrogens (tertiary/aromatic N) is 4. The Bertz CT molecular complexity index is 1400. The van der Waals surface area contributed by atoms with Gasteiger partial charge >= 0.3 is 6.61 Å². The van der Waals surface area contributed by atoms with Crippen LogP contribution >= 0.6 is 0 Å². The minimum Gasteiger partial charge on any atom is -0.434 e. The first-order valence-corrected chi connectivity index (χ1v) is 11.8. The lowest BCUT2D eigenvalue weighted by molar-refractivity contribution is -0.0507. The molecule has 186 valence electrons. The zero-order valence-corrected chi connectivity index (χ0v) is 19.2. The largest absolute Gasteiger partial charge is 0.434 e. The van der Waals surface area contributed by atoms with Gasteiger partial charge < -0.3 is 19.1 Å². The van der Waals surface area contributed by atoms with E-state index in [4.69, 9.17) is 9.47 Å². The van der Waals surface area contributed by atoms with E-state index in [1.165, 1.54) is 12.1 Å². The van der Waals surface area contributed by atoms with Gasteiger partial charge in [0, 0.05) is 60.7 Å². The van der Waals surface area contributed by atoms with Crippen molar-refractivity contribution in [2.24, 2.45) is 0 Å². The van der Waals surface area contributed by atoms with Crippen molar-refractivity contribution in [3.8, 4) is 16.9 Å². The summed E-state index contributed by atoms with van der Waals surface area (Å²) in [6, 6.07) is 8.93. The number of para-hydroxylation sites is 1.